The monoisotopic (exact) mass is 346 g/mol. The van der Waals surface area contributed by atoms with Crippen molar-refractivity contribution in [2.45, 2.75) is 0 Å². The zero-order valence-electron chi connectivity index (χ0n) is 13.5. The smallest absolute Gasteiger partial charge is 0.291 e. The molecule has 0 radical (unpaired) electrons. The molecule has 0 aliphatic rings. The lowest BCUT2D eigenvalue weighted by Crippen LogP contribution is -2.13. The van der Waals surface area contributed by atoms with Crippen LogP contribution >= 0.6 is 0 Å². The van der Waals surface area contributed by atoms with Gasteiger partial charge in [-0.2, -0.15) is 5.10 Å². The van der Waals surface area contributed by atoms with E-state index >= 15 is 0 Å². The molecule has 3 N–H and O–H groups in total. The Morgan fingerprint density at radius 3 is 2.46 bits per heavy atom. The molecule has 4 rings (SSSR count). The van der Waals surface area contributed by atoms with E-state index in [1.54, 1.807) is 42.5 Å². The summed E-state index contributed by atoms with van der Waals surface area (Å²) in [6.07, 6.45) is 1.43. The minimum absolute atomic E-state index is 0.208. The Kier molecular flexibility index (Phi) is 3.95. The van der Waals surface area contributed by atoms with E-state index in [1.165, 1.54) is 6.26 Å². The van der Waals surface area contributed by atoms with E-state index in [-0.39, 0.29) is 23.3 Å². The quantitative estimate of drug-likeness (QED) is 0.525. The number of hydrogen-bond donors (Lipinski definition) is 3. The van der Waals surface area contributed by atoms with Gasteiger partial charge in [0.05, 0.1) is 11.8 Å². The maximum atomic E-state index is 12.5. The van der Waals surface area contributed by atoms with E-state index in [0.717, 1.165) is 0 Å². The molecule has 0 unspecified atom stereocenters. The lowest BCUT2D eigenvalue weighted by Gasteiger charge is -2.05. The first-order valence-electron chi connectivity index (χ1n) is 7.90. The van der Waals surface area contributed by atoms with Gasteiger partial charge in [-0.3, -0.25) is 14.7 Å². The highest BCUT2D eigenvalue weighted by molar-refractivity contribution is 6.12. The lowest BCUT2D eigenvalue weighted by molar-refractivity contribution is 0.0994. The second-order valence-corrected chi connectivity index (χ2v) is 5.58. The number of anilines is 2. The van der Waals surface area contributed by atoms with Crippen molar-refractivity contribution in [1.82, 2.24) is 10.2 Å². The van der Waals surface area contributed by atoms with Crippen molar-refractivity contribution < 1.29 is 14.0 Å². The Morgan fingerprint density at radius 2 is 1.69 bits per heavy atom. The van der Waals surface area contributed by atoms with E-state index < -0.39 is 0 Å². The average Bonchev–Trinajstić information content (AvgIpc) is 3.32. The number of hydrogen-bond acceptors (Lipinski definition) is 4. The van der Waals surface area contributed by atoms with Gasteiger partial charge in [0.25, 0.3) is 11.8 Å². The van der Waals surface area contributed by atoms with Crippen molar-refractivity contribution >= 4 is 34.1 Å². The number of nitrogens with zero attached hydrogens (tertiary/aromatic N) is 1. The first-order valence-corrected chi connectivity index (χ1v) is 7.90. The third-order valence-electron chi connectivity index (χ3n) is 3.81. The topological polar surface area (TPSA) is 100 Å². The van der Waals surface area contributed by atoms with Gasteiger partial charge in [0.15, 0.2) is 11.5 Å². The summed E-state index contributed by atoms with van der Waals surface area (Å²) in [6, 6.07) is 17.5. The first kappa shape index (κ1) is 15.6. The molecule has 0 aliphatic heterocycles. The van der Waals surface area contributed by atoms with E-state index in [1.807, 2.05) is 18.2 Å². The second-order valence-electron chi connectivity index (χ2n) is 5.58. The maximum Gasteiger partial charge on any atom is 0.291 e. The number of rotatable bonds is 4. The number of fused-ring (bicyclic) bond motifs is 1. The lowest BCUT2D eigenvalue weighted by atomic mass is 10.1. The van der Waals surface area contributed by atoms with E-state index in [2.05, 4.69) is 20.8 Å². The highest BCUT2D eigenvalue weighted by Crippen LogP contribution is 2.22. The normalized spacial score (nSPS) is 10.6. The van der Waals surface area contributed by atoms with Gasteiger partial charge in [-0.15, -0.1) is 0 Å². The fourth-order valence-corrected chi connectivity index (χ4v) is 2.58. The maximum absolute atomic E-state index is 12.5. The van der Waals surface area contributed by atoms with Crippen LogP contribution in [0.1, 0.15) is 21.0 Å². The molecule has 0 spiro atoms. The van der Waals surface area contributed by atoms with Crippen LogP contribution in [-0.4, -0.2) is 22.0 Å². The van der Waals surface area contributed by atoms with Crippen LogP contribution in [0, 0.1) is 0 Å². The number of benzene rings is 2. The van der Waals surface area contributed by atoms with Crippen molar-refractivity contribution in [3.63, 3.8) is 0 Å². The van der Waals surface area contributed by atoms with Gasteiger partial charge >= 0.3 is 0 Å². The summed E-state index contributed by atoms with van der Waals surface area (Å²) in [6.45, 7) is 0. The Labute approximate surface area is 148 Å². The zero-order valence-corrected chi connectivity index (χ0v) is 13.5. The van der Waals surface area contributed by atoms with Crippen LogP contribution in [0.15, 0.2) is 71.3 Å². The highest BCUT2D eigenvalue weighted by atomic mass is 16.3. The van der Waals surface area contributed by atoms with Crippen LogP contribution in [0.4, 0.5) is 11.4 Å². The summed E-state index contributed by atoms with van der Waals surface area (Å²) in [5.41, 5.74) is 2.15. The zero-order chi connectivity index (χ0) is 17.9. The Bertz CT molecular complexity index is 1070. The first-order chi connectivity index (χ1) is 12.7. The van der Waals surface area contributed by atoms with Crippen LogP contribution < -0.4 is 10.6 Å². The van der Waals surface area contributed by atoms with Gasteiger partial charge in [0.1, 0.15) is 0 Å². The van der Waals surface area contributed by atoms with Crippen molar-refractivity contribution in [3.8, 4) is 0 Å². The minimum atomic E-state index is -0.367. The van der Waals surface area contributed by atoms with Gasteiger partial charge in [-0.05, 0) is 42.5 Å². The molecule has 0 aliphatic carbocycles. The molecule has 0 atom stereocenters. The van der Waals surface area contributed by atoms with Crippen LogP contribution in [0.5, 0.6) is 0 Å². The molecule has 0 saturated heterocycles. The Hall–Kier alpha value is -3.87. The van der Waals surface area contributed by atoms with E-state index in [4.69, 9.17) is 4.42 Å². The SMILES string of the molecule is O=C(Nc1ccc2[nH]nc(C(=O)Nc3ccccc3)c2c1)c1ccco1. The molecule has 7 heteroatoms. The van der Waals surface area contributed by atoms with Crippen molar-refractivity contribution in [2.75, 3.05) is 10.6 Å². The number of amides is 2. The highest BCUT2D eigenvalue weighted by Gasteiger charge is 2.16. The fraction of sp³-hybridized carbons (Fsp3) is 0. The van der Waals surface area contributed by atoms with Crippen LogP contribution in [0.25, 0.3) is 10.9 Å². The molecule has 0 bridgehead atoms. The number of carbonyl (C=O) groups excluding carboxylic acids is 2. The van der Waals surface area contributed by atoms with Crippen LogP contribution in [-0.2, 0) is 0 Å². The number of aromatic nitrogens is 2. The molecular formula is C19H14N4O3. The van der Waals surface area contributed by atoms with Crippen LogP contribution in [0.3, 0.4) is 0 Å². The van der Waals surface area contributed by atoms with Crippen molar-refractivity contribution in [3.05, 3.63) is 78.4 Å². The number of para-hydroxylation sites is 1. The molecule has 2 heterocycles. The molecule has 4 aromatic rings. The third-order valence-corrected chi connectivity index (χ3v) is 3.81. The average molecular weight is 346 g/mol. The number of nitrogens with one attached hydrogen (secondary N) is 3. The van der Waals surface area contributed by atoms with E-state index in [0.29, 0.717) is 22.3 Å². The molecule has 2 aromatic heterocycles. The fourth-order valence-electron chi connectivity index (χ4n) is 2.58. The van der Waals surface area contributed by atoms with Crippen molar-refractivity contribution in [2.24, 2.45) is 0 Å². The van der Waals surface area contributed by atoms with Gasteiger partial charge in [0, 0.05) is 16.8 Å². The summed E-state index contributed by atoms with van der Waals surface area (Å²) in [7, 11) is 0. The number of H-pyrrole nitrogens is 1. The molecule has 2 amide bonds. The standard InChI is InChI=1S/C19H14N4O3/c24-18(16-7-4-10-26-16)21-13-8-9-15-14(11-13)17(23-22-15)19(25)20-12-5-2-1-3-6-12/h1-11H,(H,20,25)(H,21,24)(H,22,23). The largest absolute Gasteiger partial charge is 0.459 e. The van der Waals surface area contributed by atoms with Gasteiger partial charge in [0.2, 0.25) is 0 Å². The summed E-state index contributed by atoms with van der Waals surface area (Å²) in [4.78, 5) is 24.6. The van der Waals surface area contributed by atoms with Crippen LogP contribution in [0.2, 0.25) is 0 Å². The second kappa shape index (κ2) is 6.56. The molecule has 128 valence electrons. The minimum Gasteiger partial charge on any atom is -0.459 e. The Balaban J connectivity index is 1.60. The molecular weight excluding hydrogens is 332 g/mol. The predicted molar refractivity (Wildman–Crippen MR) is 97.2 cm³/mol. The summed E-state index contributed by atoms with van der Waals surface area (Å²) in [5, 5.41) is 13.1. The molecule has 0 fully saturated rings. The third kappa shape index (κ3) is 3.05. The van der Waals surface area contributed by atoms with Gasteiger partial charge < -0.3 is 15.1 Å². The molecule has 26 heavy (non-hydrogen) atoms. The number of furan rings is 1. The molecule has 0 saturated carbocycles. The number of aromatic amines is 1. The van der Waals surface area contributed by atoms with Gasteiger partial charge in [-0.25, -0.2) is 0 Å². The predicted octanol–water partition coefficient (Wildman–Crippen LogP) is 3.66. The van der Waals surface area contributed by atoms with E-state index in [9.17, 15) is 9.59 Å². The summed E-state index contributed by atoms with van der Waals surface area (Å²) in [5.74, 6) is -0.496. The summed E-state index contributed by atoms with van der Waals surface area (Å²) >= 11 is 0. The summed E-state index contributed by atoms with van der Waals surface area (Å²) < 4.78 is 5.07. The molecule has 2 aromatic carbocycles. The van der Waals surface area contributed by atoms with Crippen molar-refractivity contribution in [1.29, 1.82) is 0 Å². The molecule has 7 nitrogen and oxygen atoms in total. The Morgan fingerprint density at radius 1 is 0.885 bits per heavy atom. The number of carbonyl (C=O) groups is 2. The van der Waals surface area contributed by atoms with Gasteiger partial charge in [-0.1, -0.05) is 18.2 Å².